The van der Waals surface area contributed by atoms with E-state index >= 15 is 0 Å². The lowest BCUT2D eigenvalue weighted by Crippen LogP contribution is -2.14. The lowest BCUT2D eigenvalue weighted by Gasteiger charge is -2.13. The van der Waals surface area contributed by atoms with Crippen LogP contribution in [0.2, 0.25) is 0 Å². The molecule has 0 bridgehead atoms. The number of rotatable bonds is 5. The van der Waals surface area contributed by atoms with E-state index < -0.39 is 6.10 Å². The quantitative estimate of drug-likeness (QED) is 0.866. The number of aliphatic hydroxyl groups is 1. The molecule has 2 N–H and O–H groups in total. The fraction of sp³-hybridized carbons (Fsp3) is 0.250. The van der Waals surface area contributed by atoms with Crippen LogP contribution in [0.25, 0.3) is 0 Å². The van der Waals surface area contributed by atoms with Gasteiger partial charge >= 0.3 is 0 Å². The molecule has 0 aromatic heterocycles. The number of methoxy groups -OCH3 is 1. The summed E-state index contributed by atoms with van der Waals surface area (Å²) in [5, 5.41) is 19.5. The average Bonchev–Trinajstić information content (AvgIpc) is 2.39. The molecular formula is C16H18O3. The van der Waals surface area contributed by atoms with Crippen LogP contribution in [0.1, 0.15) is 11.1 Å². The summed E-state index contributed by atoms with van der Waals surface area (Å²) in [4.78, 5) is 0. The van der Waals surface area contributed by atoms with E-state index in [1.165, 1.54) is 0 Å². The summed E-state index contributed by atoms with van der Waals surface area (Å²) in [7, 11) is 1.63. The Kier molecular flexibility index (Phi) is 4.42. The highest BCUT2D eigenvalue weighted by molar-refractivity contribution is 5.34. The first-order valence-electron chi connectivity index (χ1n) is 6.27. The zero-order valence-corrected chi connectivity index (χ0v) is 10.9. The van der Waals surface area contributed by atoms with Crippen LogP contribution in [0.5, 0.6) is 11.5 Å². The third kappa shape index (κ3) is 3.73. The molecule has 0 amide bonds. The molecule has 1 unspecified atom stereocenters. The summed E-state index contributed by atoms with van der Waals surface area (Å²) in [5.74, 6) is 1.01. The Labute approximate surface area is 113 Å². The molecule has 3 heteroatoms. The van der Waals surface area contributed by atoms with Gasteiger partial charge in [-0.15, -0.1) is 0 Å². The second-order valence-corrected chi connectivity index (χ2v) is 4.54. The fourth-order valence-corrected chi connectivity index (χ4v) is 2.15. The average molecular weight is 258 g/mol. The molecule has 0 saturated heterocycles. The summed E-state index contributed by atoms with van der Waals surface area (Å²) in [6, 6.07) is 14.6. The van der Waals surface area contributed by atoms with Gasteiger partial charge in [-0.05, 0) is 35.7 Å². The van der Waals surface area contributed by atoms with E-state index in [4.69, 9.17) is 4.74 Å². The van der Waals surface area contributed by atoms with Crippen molar-refractivity contribution >= 4 is 0 Å². The van der Waals surface area contributed by atoms with Gasteiger partial charge in [-0.2, -0.15) is 0 Å². The molecule has 100 valence electrons. The van der Waals surface area contributed by atoms with E-state index in [0.717, 1.165) is 16.9 Å². The molecule has 3 nitrogen and oxygen atoms in total. The van der Waals surface area contributed by atoms with Crippen LogP contribution in [0.3, 0.4) is 0 Å². The first kappa shape index (κ1) is 13.4. The minimum absolute atomic E-state index is 0.224. The summed E-state index contributed by atoms with van der Waals surface area (Å²) in [5.41, 5.74) is 1.90. The Morgan fingerprint density at radius 1 is 1.05 bits per heavy atom. The van der Waals surface area contributed by atoms with E-state index in [1.807, 2.05) is 30.3 Å². The Morgan fingerprint density at radius 2 is 1.84 bits per heavy atom. The molecular weight excluding hydrogens is 240 g/mol. The van der Waals surface area contributed by atoms with Crippen molar-refractivity contribution < 1.29 is 14.9 Å². The minimum atomic E-state index is -0.502. The van der Waals surface area contributed by atoms with Crippen molar-refractivity contribution in [3.8, 4) is 11.5 Å². The summed E-state index contributed by atoms with van der Waals surface area (Å²) < 4.78 is 5.26. The fourth-order valence-electron chi connectivity index (χ4n) is 2.15. The largest absolute Gasteiger partial charge is 0.508 e. The molecule has 2 aromatic rings. The zero-order valence-electron chi connectivity index (χ0n) is 10.9. The molecule has 0 fully saturated rings. The molecule has 19 heavy (non-hydrogen) atoms. The van der Waals surface area contributed by atoms with Gasteiger partial charge in [0, 0.05) is 6.42 Å². The maximum Gasteiger partial charge on any atom is 0.122 e. The van der Waals surface area contributed by atoms with Crippen molar-refractivity contribution in [1.82, 2.24) is 0 Å². The van der Waals surface area contributed by atoms with Gasteiger partial charge in [0.1, 0.15) is 11.5 Å². The van der Waals surface area contributed by atoms with E-state index in [2.05, 4.69) is 0 Å². The molecule has 0 saturated carbocycles. The van der Waals surface area contributed by atoms with Gasteiger partial charge in [-0.25, -0.2) is 0 Å². The van der Waals surface area contributed by atoms with Gasteiger partial charge in [0.15, 0.2) is 0 Å². The lowest BCUT2D eigenvalue weighted by atomic mass is 10.0. The van der Waals surface area contributed by atoms with Crippen molar-refractivity contribution in [3.63, 3.8) is 0 Å². The highest BCUT2D eigenvalue weighted by Gasteiger charge is 2.10. The Bertz CT molecular complexity index is 537. The number of hydrogen-bond donors (Lipinski definition) is 2. The SMILES string of the molecule is COc1ccccc1CC(O)Cc1cccc(O)c1. The van der Waals surface area contributed by atoms with Crippen LogP contribution in [0.15, 0.2) is 48.5 Å². The second kappa shape index (κ2) is 6.25. The Hall–Kier alpha value is -2.00. The van der Waals surface area contributed by atoms with E-state index in [9.17, 15) is 10.2 Å². The Balaban J connectivity index is 2.03. The van der Waals surface area contributed by atoms with Crippen LogP contribution in [0, 0.1) is 0 Å². The van der Waals surface area contributed by atoms with Gasteiger partial charge < -0.3 is 14.9 Å². The van der Waals surface area contributed by atoms with Gasteiger partial charge in [0.25, 0.3) is 0 Å². The molecule has 0 aliphatic rings. The van der Waals surface area contributed by atoms with Crippen molar-refractivity contribution in [3.05, 3.63) is 59.7 Å². The first-order valence-corrected chi connectivity index (χ1v) is 6.27. The first-order chi connectivity index (χ1) is 9.19. The van der Waals surface area contributed by atoms with E-state index in [1.54, 1.807) is 25.3 Å². The van der Waals surface area contributed by atoms with Crippen LogP contribution in [0.4, 0.5) is 0 Å². The number of phenolic OH excluding ortho intramolecular Hbond substituents is 1. The van der Waals surface area contributed by atoms with Crippen LogP contribution >= 0.6 is 0 Å². The van der Waals surface area contributed by atoms with Crippen LogP contribution in [-0.4, -0.2) is 23.4 Å². The molecule has 0 spiro atoms. The topological polar surface area (TPSA) is 49.7 Å². The smallest absolute Gasteiger partial charge is 0.122 e. The molecule has 0 aliphatic carbocycles. The monoisotopic (exact) mass is 258 g/mol. The van der Waals surface area contributed by atoms with Crippen molar-refractivity contribution in [2.45, 2.75) is 18.9 Å². The van der Waals surface area contributed by atoms with Crippen molar-refractivity contribution in [2.24, 2.45) is 0 Å². The number of ether oxygens (including phenoxy) is 1. The third-order valence-corrected chi connectivity index (χ3v) is 3.03. The molecule has 0 aliphatic heterocycles. The number of aliphatic hydroxyl groups excluding tert-OH is 1. The summed E-state index contributed by atoms with van der Waals surface area (Å²) in [6.07, 6.45) is 0.532. The zero-order chi connectivity index (χ0) is 13.7. The number of para-hydroxylation sites is 1. The van der Waals surface area contributed by atoms with E-state index in [0.29, 0.717) is 12.8 Å². The molecule has 2 rings (SSSR count). The predicted molar refractivity (Wildman–Crippen MR) is 74.5 cm³/mol. The van der Waals surface area contributed by atoms with Gasteiger partial charge in [-0.1, -0.05) is 30.3 Å². The molecule has 0 heterocycles. The Morgan fingerprint density at radius 3 is 2.58 bits per heavy atom. The maximum absolute atomic E-state index is 10.1. The third-order valence-electron chi connectivity index (χ3n) is 3.03. The van der Waals surface area contributed by atoms with Gasteiger partial charge in [-0.3, -0.25) is 0 Å². The minimum Gasteiger partial charge on any atom is -0.508 e. The molecule has 1 atom stereocenters. The number of hydrogen-bond acceptors (Lipinski definition) is 3. The van der Waals surface area contributed by atoms with Crippen molar-refractivity contribution in [2.75, 3.05) is 7.11 Å². The maximum atomic E-state index is 10.1. The normalized spacial score (nSPS) is 12.1. The van der Waals surface area contributed by atoms with E-state index in [-0.39, 0.29) is 5.75 Å². The number of aromatic hydroxyl groups is 1. The van der Waals surface area contributed by atoms with Crippen molar-refractivity contribution in [1.29, 1.82) is 0 Å². The number of benzene rings is 2. The lowest BCUT2D eigenvalue weighted by molar-refractivity contribution is 0.174. The summed E-state index contributed by atoms with van der Waals surface area (Å²) >= 11 is 0. The second-order valence-electron chi connectivity index (χ2n) is 4.54. The molecule has 0 radical (unpaired) electrons. The van der Waals surface area contributed by atoms with Gasteiger partial charge in [0.2, 0.25) is 0 Å². The van der Waals surface area contributed by atoms with Crippen LogP contribution < -0.4 is 4.74 Å². The predicted octanol–water partition coefficient (Wildman–Crippen LogP) is 2.55. The highest BCUT2D eigenvalue weighted by atomic mass is 16.5. The number of phenols is 1. The summed E-state index contributed by atoms with van der Waals surface area (Å²) in [6.45, 7) is 0. The standard InChI is InChI=1S/C16H18O3/c1-19-16-8-3-2-6-13(16)11-15(18)10-12-5-4-7-14(17)9-12/h2-9,15,17-18H,10-11H2,1H3. The molecule has 2 aromatic carbocycles. The van der Waals surface area contributed by atoms with Gasteiger partial charge in [0.05, 0.1) is 13.2 Å². The van der Waals surface area contributed by atoms with Crippen LogP contribution in [-0.2, 0) is 12.8 Å². The highest BCUT2D eigenvalue weighted by Crippen LogP contribution is 2.20.